The Morgan fingerprint density at radius 1 is 1.47 bits per heavy atom. The van der Waals surface area contributed by atoms with Crippen molar-refractivity contribution in [3.8, 4) is 0 Å². The number of aryl methyl sites for hydroxylation is 1. The molecule has 5 nitrogen and oxygen atoms in total. The molecular weight excluding hydrogens is 307 g/mol. The van der Waals surface area contributed by atoms with Crippen LogP contribution in [0, 0.1) is 12.3 Å². The van der Waals surface area contributed by atoms with Gasteiger partial charge in [0.25, 0.3) is 0 Å². The predicted molar refractivity (Wildman–Crippen MR) is 70.0 cm³/mol. The first-order valence-electron chi connectivity index (χ1n) is 4.65. The average molecular weight is 316 g/mol. The number of benzene rings is 1. The molecule has 0 aliphatic carbocycles. The molecule has 1 heterocycles. The van der Waals surface area contributed by atoms with E-state index in [9.17, 15) is 5.21 Å². The fourth-order valence-corrected chi connectivity index (χ4v) is 2.35. The minimum absolute atomic E-state index is 0.0120. The van der Waals surface area contributed by atoms with E-state index in [1.807, 2.05) is 19.1 Å². The van der Waals surface area contributed by atoms with Gasteiger partial charge in [0.2, 0.25) is 5.28 Å². The number of anilines is 1. The van der Waals surface area contributed by atoms with Crippen molar-refractivity contribution in [3.05, 3.63) is 27.5 Å². The summed E-state index contributed by atoms with van der Waals surface area (Å²) >= 11 is 9.16. The Balaban J connectivity index is 2.87. The van der Waals surface area contributed by atoms with Gasteiger partial charge in [0, 0.05) is 9.86 Å². The van der Waals surface area contributed by atoms with Gasteiger partial charge >= 0.3 is 0 Å². The molecule has 0 saturated carbocycles. The molecule has 2 rings (SSSR count). The van der Waals surface area contributed by atoms with Crippen LogP contribution < -0.4 is 5.06 Å². The number of hydrogen-bond acceptors (Lipinski definition) is 4. The second kappa shape index (κ2) is 4.56. The number of fused-ring (bicyclic) bond motifs is 1. The van der Waals surface area contributed by atoms with Crippen molar-refractivity contribution in [1.82, 2.24) is 9.97 Å². The molecule has 0 saturated heterocycles. The van der Waals surface area contributed by atoms with E-state index in [4.69, 9.17) is 17.0 Å². The lowest BCUT2D eigenvalue weighted by atomic mass is 10.1. The molecule has 0 atom stereocenters. The van der Waals surface area contributed by atoms with Gasteiger partial charge in [-0.1, -0.05) is 0 Å². The van der Waals surface area contributed by atoms with Crippen LogP contribution in [-0.2, 0) is 0 Å². The van der Waals surface area contributed by atoms with Crippen LogP contribution in [0.5, 0.6) is 0 Å². The number of aromatic nitrogens is 2. The van der Waals surface area contributed by atoms with Gasteiger partial charge in [0.15, 0.2) is 5.82 Å². The largest absolute Gasteiger partial charge is 0.289 e. The van der Waals surface area contributed by atoms with Crippen LogP contribution in [0.15, 0.2) is 16.6 Å². The van der Waals surface area contributed by atoms with Crippen molar-refractivity contribution in [1.29, 1.82) is 5.41 Å². The van der Waals surface area contributed by atoms with E-state index in [-0.39, 0.29) is 11.1 Å². The number of halogens is 2. The predicted octanol–water partition coefficient (Wildman–Crippen LogP) is 3.16. The molecule has 0 aliphatic heterocycles. The number of rotatable bonds is 2. The fraction of sp³-hybridized carbons (Fsp3) is 0.100. The lowest BCUT2D eigenvalue weighted by Crippen LogP contribution is -2.16. The van der Waals surface area contributed by atoms with Crippen LogP contribution >= 0.6 is 27.5 Å². The van der Waals surface area contributed by atoms with Crippen LogP contribution in [0.1, 0.15) is 5.56 Å². The van der Waals surface area contributed by atoms with E-state index in [2.05, 4.69) is 25.9 Å². The van der Waals surface area contributed by atoms with Gasteiger partial charge < -0.3 is 0 Å². The number of nitrogens with one attached hydrogen (secondary N) is 1. The molecule has 0 bridgehead atoms. The van der Waals surface area contributed by atoms with Crippen LogP contribution in [-0.4, -0.2) is 21.5 Å². The quantitative estimate of drug-likeness (QED) is 0.386. The van der Waals surface area contributed by atoms with Crippen LogP contribution in [0.3, 0.4) is 0 Å². The zero-order chi connectivity index (χ0) is 12.6. The molecule has 1 aromatic carbocycles. The van der Waals surface area contributed by atoms with Crippen LogP contribution in [0.4, 0.5) is 5.82 Å². The van der Waals surface area contributed by atoms with Gasteiger partial charge in [-0.3, -0.25) is 10.6 Å². The van der Waals surface area contributed by atoms with Gasteiger partial charge in [-0.25, -0.2) is 4.98 Å². The summed E-state index contributed by atoms with van der Waals surface area (Å²) in [4.78, 5) is 8.00. The van der Waals surface area contributed by atoms with Crippen molar-refractivity contribution in [2.24, 2.45) is 0 Å². The number of hydroxylamine groups is 1. The monoisotopic (exact) mass is 314 g/mol. The van der Waals surface area contributed by atoms with Gasteiger partial charge in [0.1, 0.15) is 6.34 Å². The summed E-state index contributed by atoms with van der Waals surface area (Å²) < 4.78 is 0.761. The molecule has 17 heavy (non-hydrogen) atoms. The maximum Gasteiger partial charge on any atom is 0.225 e. The minimum Gasteiger partial charge on any atom is -0.289 e. The van der Waals surface area contributed by atoms with E-state index in [0.29, 0.717) is 16.0 Å². The first kappa shape index (κ1) is 12.2. The van der Waals surface area contributed by atoms with Crippen molar-refractivity contribution in [3.63, 3.8) is 0 Å². The molecule has 2 N–H and O–H groups in total. The highest BCUT2D eigenvalue weighted by molar-refractivity contribution is 9.10. The highest BCUT2D eigenvalue weighted by atomic mass is 79.9. The van der Waals surface area contributed by atoms with E-state index in [1.165, 1.54) is 0 Å². The number of hydrogen-bond donors (Lipinski definition) is 2. The van der Waals surface area contributed by atoms with Gasteiger partial charge in [-0.05, 0) is 52.2 Å². The lowest BCUT2D eigenvalue weighted by Gasteiger charge is -2.13. The van der Waals surface area contributed by atoms with Gasteiger partial charge in [-0.15, -0.1) is 0 Å². The molecule has 0 amide bonds. The Hall–Kier alpha value is -1.24. The molecule has 0 spiro atoms. The maximum absolute atomic E-state index is 9.56. The first-order chi connectivity index (χ1) is 8.02. The third-order valence-corrected chi connectivity index (χ3v) is 2.96. The smallest absolute Gasteiger partial charge is 0.225 e. The van der Waals surface area contributed by atoms with Crippen molar-refractivity contribution >= 4 is 50.6 Å². The average Bonchev–Trinajstić information content (AvgIpc) is 2.28. The molecule has 88 valence electrons. The summed E-state index contributed by atoms with van der Waals surface area (Å²) in [6.45, 7) is 1.91. The summed E-state index contributed by atoms with van der Waals surface area (Å²) in [5, 5.41) is 17.8. The summed E-state index contributed by atoms with van der Waals surface area (Å²) in [6.07, 6.45) is 0.744. The molecule has 0 aliphatic rings. The van der Waals surface area contributed by atoms with Gasteiger partial charge in [-0.2, -0.15) is 10.0 Å². The summed E-state index contributed by atoms with van der Waals surface area (Å²) in [7, 11) is 0. The molecule has 7 heteroatoms. The Kier molecular flexibility index (Phi) is 3.28. The Morgan fingerprint density at radius 3 is 2.82 bits per heavy atom. The minimum atomic E-state index is 0.0120. The second-order valence-electron chi connectivity index (χ2n) is 3.43. The van der Waals surface area contributed by atoms with Crippen LogP contribution in [0.25, 0.3) is 10.9 Å². The van der Waals surface area contributed by atoms with Crippen molar-refractivity contribution < 1.29 is 5.21 Å². The summed E-state index contributed by atoms with van der Waals surface area (Å²) in [6, 6.07) is 3.71. The molecule has 0 fully saturated rings. The highest BCUT2D eigenvalue weighted by Gasteiger charge is 2.13. The normalized spacial score (nSPS) is 10.6. The number of nitrogens with zero attached hydrogens (tertiary/aromatic N) is 3. The maximum atomic E-state index is 9.56. The van der Waals surface area contributed by atoms with E-state index >= 15 is 0 Å². The molecule has 0 unspecified atom stereocenters. The molecule has 2 aromatic rings. The Labute approximate surface area is 111 Å². The van der Waals surface area contributed by atoms with Gasteiger partial charge in [0.05, 0.1) is 5.52 Å². The summed E-state index contributed by atoms with van der Waals surface area (Å²) in [5.74, 6) is 0.180. The zero-order valence-corrected chi connectivity index (χ0v) is 11.1. The topological polar surface area (TPSA) is 73.1 Å². The van der Waals surface area contributed by atoms with Crippen molar-refractivity contribution in [2.75, 3.05) is 5.06 Å². The summed E-state index contributed by atoms with van der Waals surface area (Å²) in [5.41, 5.74) is 1.57. The lowest BCUT2D eigenvalue weighted by molar-refractivity contribution is 0.314. The van der Waals surface area contributed by atoms with Crippen molar-refractivity contribution in [2.45, 2.75) is 6.92 Å². The molecular formula is C10H8BrClN4O. The Morgan fingerprint density at radius 2 is 2.18 bits per heavy atom. The third kappa shape index (κ3) is 2.24. The SMILES string of the molecule is Cc1cc(Br)c2nc(Cl)nc(N(O)C=N)c2c1. The second-order valence-corrected chi connectivity index (χ2v) is 4.63. The fourth-order valence-electron chi connectivity index (χ4n) is 1.52. The zero-order valence-electron chi connectivity index (χ0n) is 8.78. The van der Waals surface area contributed by atoms with E-state index < -0.39 is 0 Å². The highest BCUT2D eigenvalue weighted by Crippen LogP contribution is 2.30. The third-order valence-electron chi connectivity index (χ3n) is 2.19. The van der Waals surface area contributed by atoms with E-state index in [1.54, 1.807) is 0 Å². The molecule has 1 aromatic heterocycles. The standard InChI is InChI=1S/C10H8BrClN4O/c1-5-2-6-8(7(11)3-5)14-10(12)15-9(6)16(17)4-13/h2-4,13,17H,1H3. The molecule has 0 radical (unpaired) electrons. The Bertz CT molecular complexity index is 604. The van der Waals surface area contributed by atoms with Crippen LogP contribution in [0.2, 0.25) is 5.28 Å². The first-order valence-corrected chi connectivity index (χ1v) is 5.82. The van der Waals surface area contributed by atoms with E-state index in [0.717, 1.165) is 16.4 Å².